The van der Waals surface area contributed by atoms with Gasteiger partial charge in [0.25, 0.3) is 11.8 Å². The molecule has 0 aliphatic carbocycles. The number of hydrogen-bond acceptors (Lipinski definition) is 8. The zero-order chi connectivity index (χ0) is 20.3. The maximum Gasteiger partial charge on any atom is 0.272 e. The van der Waals surface area contributed by atoms with Crippen LogP contribution in [0, 0.1) is 0 Å². The first-order valence-electron chi connectivity index (χ1n) is 9.34. The summed E-state index contributed by atoms with van der Waals surface area (Å²) in [4.78, 5) is 30.8. The number of para-hydroxylation sites is 1. The van der Waals surface area contributed by atoms with E-state index >= 15 is 0 Å². The van der Waals surface area contributed by atoms with Gasteiger partial charge in [-0.25, -0.2) is 4.98 Å². The minimum atomic E-state index is -0.124. The molecule has 1 amide bonds. The number of carbonyl (C=O) groups is 1. The van der Waals surface area contributed by atoms with Crippen LogP contribution in [0.3, 0.4) is 0 Å². The molecule has 1 aliphatic heterocycles. The number of hydrogen-bond donors (Lipinski definition) is 0. The summed E-state index contributed by atoms with van der Waals surface area (Å²) in [5.74, 6) is 1.19. The smallest absolute Gasteiger partial charge is 0.272 e. The highest BCUT2D eigenvalue weighted by Crippen LogP contribution is 2.31. The van der Waals surface area contributed by atoms with E-state index in [1.807, 2.05) is 24.3 Å². The Balaban J connectivity index is 1.29. The van der Waals surface area contributed by atoms with E-state index in [2.05, 4.69) is 25.1 Å². The van der Waals surface area contributed by atoms with Crippen LogP contribution in [0.15, 0.2) is 71.8 Å². The molecule has 1 aromatic carbocycles. The van der Waals surface area contributed by atoms with Crippen molar-refractivity contribution < 1.29 is 14.1 Å². The molecule has 0 saturated carbocycles. The summed E-state index contributed by atoms with van der Waals surface area (Å²) in [5, 5.41) is 3.98. The van der Waals surface area contributed by atoms with Crippen LogP contribution in [0.5, 0.6) is 5.75 Å². The highest BCUT2D eigenvalue weighted by Gasteiger charge is 2.34. The normalized spacial score (nSPS) is 13.7. The van der Waals surface area contributed by atoms with Gasteiger partial charge in [0.05, 0.1) is 24.8 Å². The zero-order valence-corrected chi connectivity index (χ0v) is 15.8. The molecule has 148 valence electrons. The van der Waals surface area contributed by atoms with E-state index in [-0.39, 0.29) is 12.0 Å². The number of amides is 1. The minimum Gasteiger partial charge on any atom is -0.486 e. The fourth-order valence-corrected chi connectivity index (χ4v) is 3.11. The number of ether oxygens (including phenoxy) is 1. The summed E-state index contributed by atoms with van der Waals surface area (Å²) < 4.78 is 11.5. The van der Waals surface area contributed by atoms with Crippen LogP contribution in [0.2, 0.25) is 0 Å². The third kappa shape index (κ3) is 3.48. The minimum absolute atomic E-state index is 0.103. The standard InChI is InChI=1S/C21H16N6O3/c28-21(16-6-3-4-8-23-16)27-12-14(13-27)29-18-7-2-1-5-15(18)20-25-19(26-30-20)17-11-22-9-10-24-17/h1-11,14H,12-13H2. The lowest BCUT2D eigenvalue weighted by atomic mass is 10.1. The molecule has 0 N–H and O–H groups in total. The van der Waals surface area contributed by atoms with Crippen molar-refractivity contribution in [1.29, 1.82) is 0 Å². The van der Waals surface area contributed by atoms with Crippen molar-refractivity contribution in [1.82, 2.24) is 30.0 Å². The Morgan fingerprint density at radius 1 is 1.03 bits per heavy atom. The summed E-state index contributed by atoms with van der Waals surface area (Å²) in [7, 11) is 0. The molecule has 1 aliphatic rings. The summed E-state index contributed by atoms with van der Waals surface area (Å²) in [6.45, 7) is 0.969. The van der Waals surface area contributed by atoms with Gasteiger partial charge in [-0.3, -0.25) is 14.8 Å². The van der Waals surface area contributed by atoms with Gasteiger partial charge < -0.3 is 14.2 Å². The Hall–Kier alpha value is -4.14. The number of likely N-dealkylation sites (tertiary alicyclic amines) is 1. The second-order valence-electron chi connectivity index (χ2n) is 6.67. The van der Waals surface area contributed by atoms with Gasteiger partial charge in [0, 0.05) is 18.6 Å². The molecule has 4 aromatic rings. The molecule has 5 rings (SSSR count). The zero-order valence-electron chi connectivity index (χ0n) is 15.8. The predicted octanol–water partition coefficient (Wildman–Crippen LogP) is 2.49. The van der Waals surface area contributed by atoms with Crippen LogP contribution in [0.25, 0.3) is 23.0 Å². The van der Waals surface area contributed by atoms with Crippen molar-refractivity contribution in [2.24, 2.45) is 0 Å². The van der Waals surface area contributed by atoms with Crippen LogP contribution in [0.4, 0.5) is 0 Å². The van der Waals surface area contributed by atoms with Crippen molar-refractivity contribution >= 4 is 5.91 Å². The molecule has 3 aromatic heterocycles. The number of rotatable bonds is 5. The molecule has 1 fully saturated rings. The molecular formula is C21H16N6O3. The van der Waals surface area contributed by atoms with Crippen molar-refractivity contribution in [2.75, 3.05) is 13.1 Å². The van der Waals surface area contributed by atoms with Gasteiger partial charge in [-0.2, -0.15) is 4.98 Å². The lowest BCUT2D eigenvalue weighted by molar-refractivity contribution is 0.0175. The lowest BCUT2D eigenvalue weighted by Crippen LogP contribution is -2.56. The molecule has 30 heavy (non-hydrogen) atoms. The summed E-state index contributed by atoms with van der Waals surface area (Å²) in [5.41, 5.74) is 1.63. The fourth-order valence-electron chi connectivity index (χ4n) is 3.11. The van der Waals surface area contributed by atoms with Crippen LogP contribution in [-0.2, 0) is 0 Å². The predicted molar refractivity (Wildman–Crippen MR) is 105 cm³/mol. The van der Waals surface area contributed by atoms with Crippen molar-refractivity contribution in [3.63, 3.8) is 0 Å². The van der Waals surface area contributed by atoms with Gasteiger partial charge in [0.15, 0.2) is 0 Å². The molecular weight excluding hydrogens is 384 g/mol. The molecule has 0 atom stereocenters. The van der Waals surface area contributed by atoms with E-state index in [9.17, 15) is 4.79 Å². The van der Waals surface area contributed by atoms with Crippen molar-refractivity contribution in [2.45, 2.75) is 6.10 Å². The fraction of sp³-hybridized carbons (Fsp3) is 0.143. The van der Waals surface area contributed by atoms with Gasteiger partial charge >= 0.3 is 0 Å². The Labute approximate surface area is 171 Å². The number of benzene rings is 1. The number of carbonyl (C=O) groups excluding carboxylic acids is 1. The van der Waals surface area contributed by atoms with Gasteiger partial charge in [0.2, 0.25) is 5.82 Å². The van der Waals surface area contributed by atoms with E-state index < -0.39 is 0 Å². The molecule has 0 unspecified atom stereocenters. The average Bonchev–Trinajstić information content (AvgIpc) is 3.27. The topological polar surface area (TPSA) is 107 Å². The first-order chi connectivity index (χ1) is 14.8. The first kappa shape index (κ1) is 17.9. The van der Waals surface area contributed by atoms with Gasteiger partial charge in [-0.05, 0) is 24.3 Å². The molecule has 0 spiro atoms. The second-order valence-corrected chi connectivity index (χ2v) is 6.67. The molecule has 9 nitrogen and oxygen atoms in total. The quantitative estimate of drug-likeness (QED) is 0.503. The number of pyridine rings is 1. The first-order valence-corrected chi connectivity index (χ1v) is 9.34. The Bertz CT molecular complexity index is 1160. The second kappa shape index (κ2) is 7.70. The highest BCUT2D eigenvalue weighted by atomic mass is 16.5. The average molecular weight is 400 g/mol. The third-order valence-corrected chi connectivity index (χ3v) is 4.65. The summed E-state index contributed by atoms with van der Waals surface area (Å²) in [6.07, 6.45) is 6.20. The van der Waals surface area contributed by atoms with Gasteiger partial charge in [0.1, 0.15) is 23.2 Å². The lowest BCUT2D eigenvalue weighted by Gasteiger charge is -2.38. The van der Waals surface area contributed by atoms with E-state index in [0.29, 0.717) is 47.5 Å². The third-order valence-electron chi connectivity index (χ3n) is 4.65. The van der Waals surface area contributed by atoms with E-state index in [4.69, 9.17) is 9.26 Å². The van der Waals surface area contributed by atoms with Crippen LogP contribution in [0.1, 0.15) is 10.5 Å². The molecule has 1 saturated heterocycles. The van der Waals surface area contributed by atoms with Gasteiger partial charge in [-0.15, -0.1) is 0 Å². The van der Waals surface area contributed by atoms with Crippen LogP contribution in [-0.4, -0.2) is 55.1 Å². The molecule has 0 radical (unpaired) electrons. The largest absolute Gasteiger partial charge is 0.486 e. The van der Waals surface area contributed by atoms with Crippen molar-refractivity contribution in [3.05, 3.63) is 72.9 Å². The highest BCUT2D eigenvalue weighted by molar-refractivity contribution is 5.92. The Kier molecular flexibility index (Phi) is 4.60. The molecule has 4 heterocycles. The maximum atomic E-state index is 12.4. The number of nitrogens with zero attached hydrogens (tertiary/aromatic N) is 6. The van der Waals surface area contributed by atoms with Crippen molar-refractivity contribution in [3.8, 4) is 28.7 Å². The maximum absolute atomic E-state index is 12.4. The SMILES string of the molecule is O=C(c1ccccn1)N1CC(Oc2ccccc2-c2nc(-c3cnccn3)no2)C1. The van der Waals surface area contributed by atoms with E-state index in [1.165, 1.54) is 0 Å². The molecule has 9 heteroatoms. The van der Waals surface area contributed by atoms with Crippen LogP contribution >= 0.6 is 0 Å². The summed E-state index contributed by atoms with van der Waals surface area (Å²) in [6, 6.07) is 12.7. The Morgan fingerprint density at radius 2 is 1.90 bits per heavy atom. The van der Waals surface area contributed by atoms with E-state index in [0.717, 1.165) is 0 Å². The monoisotopic (exact) mass is 400 g/mol. The Morgan fingerprint density at radius 3 is 2.70 bits per heavy atom. The van der Waals surface area contributed by atoms with Gasteiger partial charge in [-0.1, -0.05) is 23.4 Å². The number of aromatic nitrogens is 5. The van der Waals surface area contributed by atoms with E-state index in [1.54, 1.807) is 47.9 Å². The summed E-state index contributed by atoms with van der Waals surface area (Å²) >= 11 is 0. The molecule has 0 bridgehead atoms. The van der Waals surface area contributed by atoms with Crippen LogP contribution < -0.4 is 4.74 Å².